The number of aromatic nitrogens is 4. The second kappa shape index (κ2) is 5.38. The van der Waals surface area contributed by atoms with Crippen molar-refractivity contribution in [3.8, 4) is 0 Å². The second-order valence-corrected chi connectivity index (χ2v) is 4.90. The topological polar surface area (TPSA) is 55.6 Å². The van der Waals surface area contributed by atoms with Gasteiger partial charge in [0.15, 0.2) is 0 Å². The predicted molar refractivity (Wildman–Crippen MR) is 78.0 cm³/mol. The normalized spacial score (nSPS) is 12.7. The van der Waals surface area contributed by atoms with E-state index in [0.717, 1.165) is 22.4 Å². The Balaban J connectivity index is 1.72. The van der Waals surface area contributed by atoms with Crippen molar-refractivity contribution < 1.29 is 0 Å². The first kappa shape index (κ1) is 12.7. The minimum Gasteiger partial charge on any atom is -0.319 e. The molecule has 0 spiro atoms. The van der Waals surface area contributed by atoms with Gasteiger partial charge in [0.2, 0.25) is 0 Å². The van der Waals surface area contributed by atoms with E-state index in [1.165, 1.54) is 0 Å². The number of pyridine rings is 1. The maximum absolute atomic E-state index is 4.65. The SMILES string of the molecule is CC(NCc1ccc2ccccc2n1)c1nncn1C. The summed E-state index contributed by atoms with van der Waals surface area (Å²) in [6.07, 6.45) is 1.71. The number of nitrogens with one attached hydrogen (secondary N) is 1. The molecule has 0 aliphatic rings. The molecule has 0 aliphatic heterocycles. The summed E-state index contributed by atoms with van der Waals surface area (Å²) in [4.78, 5) is 4.65. The molecule has 0 fully saturated rings. The number of aryl methyl sites for hydroxylation is 1. The summed E-state index contributed by atoms with van der Waals surface area (Å²) in [6.45, 7) is 2.78. The van der Waals surface area contributed by atoms with Crippen LogP contribution in [-0.2, 0) is 13.6 Å². The average Bonchev–Trinajstić information content (AvgIpc) is 2.91. The van der Waals surface area contributed by atoms with Gasteiger partial charge in [-0.25, -0.2) is 0 Å². The fourth-order valence-electron chi connectivity index (χ4n) is 2.24. The van der Waals surface area contributed by atoms with Gasteiger partial charge in [0, 0.05) is 19.0 Å². The van der Waals surface area contributed by atoms with Crippen LogP contribution in [0.2, 0.25) is 0 Å². The Morgan fingerprint density at radius 2 is 2.05 bits per heavy atom. The van der Waals surface area contributed by atoms with Crippen LogP contribution in [0.4, 0.5) is 0 Å². The van der Waals surface area contributed by atoms with E-state index < -0.39 is 0 Å². The third-order valence-corrected chi connectivity index (χ3v) is 3.38. The number of rotatable bonds is 4. The minimum atomic E-state index is 0.135. The molecule has 0 amide bonds. The monoisotopic (exact) mass is 267 g/mol. The van der Waals surface area contributed by atoms with Gasteiger partial charge in [-0.2, -0.15) is 0 Å². The lowest BCUT2D eigenvalue weighted by atomic mass is 10.2. The standard InChI is InChI=1S/C15H17N5/c1-11(15-19-17-10-20(15)2)16-9-13-8-7-12-5-3-4-6-14(12)18-13/h3-8,10-11,16H,9H2,1-2H3. The molecule has 1 aromatic carbocycles. The number of fused-ring (bicyclic) bond motifs is 1. The number of hydrogen-bond acceptors (Lipinski definition) is 4. The predicted octanol–water partition coefficient (Wildman–Crippen LogP) is 2.21. The third-order valence-electron chi connectivity index (χ3n) is 3.38. The van der Waals surface area contributed by atoms with Gasteiger partial charge in [-0.1, -0.05) is 24.3 Å². The van der Waals surface area contributed by atoms with E-state index in [1.54, 1.807) is 6.33 Å². The molecule has 1 atom stereocenters. The summed E-state index contributed by atoms with van der Waals surface area (Å²) in [5.74, 6) is 0.922. The molecule has 0 saturated heterocycles. The lowest BCUT2D eigenvalue weighted by Crippen LogP contribution is -2.21. The molecular weight excluding hydrogens is 250 g/mol. The zero-order valence-corrected chi connectivity index (χ0v) is 11.6. The maximum atomic E-state index is 4.65. The van der Waals surface area contributed by atoms with Crippen molar-refractivity contribution in [2.24, 2.45) is 7.05 Å². The molecule has 0 saturated carbocycles. The second-order valence-electron chi connectivity index (χ2n) is 4.90. The zero-order chi connectivity index (χ0) is 13.9. The van der Waals surface area contributed by atoms with Crippen LogP contribution in [-0.4, -0.2) is 19.7 Å². The van der Waals surface area contributed by atoms with Crippen molar-refractivity contribution in [3.63, 3.8) is 0 Å². The van der Waals surface area contributed by atoms with Gasteiger partial charge in [-0.05, 0) is 19.1 Å². The molecule has 2 aromatic heterocycles. The van der Waals surface area contributed by atoms with Gasteiger partial charge in [-0.15, -0.1) is 10.2 Å². The lowest BCUT2D eigenvalue weighted by molar-refractivity contribution is 0.524. The molecule has 1 unspecified atom stereocenters. The van der Waals surface area contributed by atoms with Crippen molar-refractivity contribution in [1.29, 1.82) is 0 Å². The molecule has 5 nitrogen and oxygen atoms in total. The van der Waals surface area contributed by atoms with Crippen LogP contribution >= 0.6 is 0 Å². The average molecular weight is 267 g/mol. The van der Waals surface area contributed by atoms with E-state index in [4.69, 9.17) is 0 Å². The summed E-state index contributed by atoms with van der Waals surface area (Å²) >= 11 is 0. The van der Waals surface area contributed by atoms with Crippen molar-refractivity contribution in [2.75, 3.05) is 0 Å². The number of para-hydroxylation sites is 1. The number of benzene rings is 1. The van der Waals surface area contributed by atoms with Gasteiger partial charge in [-0.3, -0.25) is 4.98 Å². The molecule has 102 valence electrons. The molecule has 20 heavy (non-hydrogen) atoms. The molecule has 3 rings (SSSR count). The van der Waals surface area contributed by atoms with Crippen molar-refractivity contribution >= 4 is 10.9 Å². The van der Waals surface area contributed by atoms with E-state index in [1.807, 2.05) is 29.8 Å². The largest absolute Gasteiger partial charge is 0.319 e. The molecular formula is C15H17N5. The van der Waals surface area contributed by atoms with Gasteiger partial charge in [0.1, 0.15) is 12.2 Å². The van der Waals surface area contributed by atoms with Crippen LogP contribution in [0.25, 0.3) is 10.9 Å². The van der Waals surface area contributed by atoms with Crippen molar-refractivity contribution in [3.05, 3.63) is 54.2 Å². The number of hydrogen-bond donors (Lipinski definition) is 1. The van der Waals surface area contributed by atoms with Gasteiger partial charge >= 0.3 is 0 Å². The Kier molecular flexibility index (Phi) is 3.43. The zero-order valence-electron chi connectivity index (χ0n) is 11.6. The first-order chi connectivity index (χ1) is 9.74. The lowest BCUT2D eigenvalue weighted by Gasteiger charge is -2.12. The van der Waals surface area contributed by atoms with Crippen LogP contribution < -0.4 is 5.32 Å². The Morgan fingerprint density at radius 1 is 1.20 bits per heavy atom. The number of nitrogens with zero attached hydrogens (tertiary/aromatic N) is 4. The summed E-state index contributed by atoms with van der Waals surface area (Å²) in [5.41, 5.74) is 2.05. The highest BCUT2D eigenvalue weighted by atomic mass is 15.3. The van der Waals surface area contributed by atoms with Crippen molar-refractivity contribution in [2.45, 2.75) is 19.5 Å². The molecule has 0 aliphatic carbocycles. The van der Waals surface area contributed by atoms with Crippen LogP contribution in [0, 0.1) is 0 Å². The van der Waals surface area contributed by atoms with Crippen LogP contribution in [0.3, 0.4) is 0 Å². The Morgan fingerprint density at radius 3 is 2.85 bits per heavy atom. The highest BCUT2D eigenvalue weighted by molar-refractivity contribution is 5.78. The Labute approximate surface area is 117 Å². The summed E-state index contributed by atoms with van der Waals surface area (Å²) < 4.78 is 1.92. The fraction of sp³-hybridized carbons (Fsp3) is 0.267. The summed E-state index contributed by atoms with van der Waals surface area (Å²) in [5, 5.41) is 12.6. The molecule has 1 N–H and O–H groups in total. The highest BCUT2D eigenvalue weighted by Crippen LogP contribution is 2.13. The first-order valence-electron chi connectivity index (χ1n) is 6.66. The van der Waals surface area contributed by atoms with E-state index in [9.17, 15) is 0 Å². The minimum absolute atomic E-state index is 0.135. The van der Waals surface area contributed by atoms with Gasteiger partial charge in [0.25, 0.3) is 0 Å². The fourth-order valence-corrected chi connectivity index (χ4v) is 2.24. The highest BCUT2D eigenvalue weighted by Gasteiger charge is 2.10. The van der Waals surface area contributed by atoms with E-state index >= 15 is 0 Å². The quantitative estimate of drug-likeness (QED) is 0.787. The first-order valence-corrected chi connectivity index (χ1v) is 6.66. The van der Waals surface area contributed by atoms with Gasteiger partial charge < -0.3 is 9.88 Å². The third kappa shape index (κ3) is 2.53. The van der Waals surface area contributed by atoms with Crippen LogP contribution in [0.5, 0.6) is 0 Å². The van der Waals surface area contributed by atoms with E-state index in [2.05, 4.69) is 45.6 Å². The molecule has 0 radical (unpaired) electrons. The van der Waals surface area contributed by atoms with Crippen LogP contribution in [0.1, 0.15) is 24.5 Å². The van der Waals surface area contributed by atoms with E-state index in [0.29, 0.717) is 6.54 Å². The molecule has 5 heteroatoms. The molecule has 2 heterocycles. The van der Waals surface area contributed by atoms with Gasteiger partial charge in [0.05, 0.1) is 17.3 Å². The summed E-state index contributed by atoms with van der Waals surface area (Å²) in [7, 11) is 1.95. The smallest absolute Gasteiger partial charge is 0.149 e. The Hall–Kier alpha value is -2.27. The summed E-state index contributed by atoms with van der Waals surface area (Å²) in [6, 6.07) is 12.4. The molecule has 0 bridgehead atoms. The Bertz CT molecular complexity index is 719. The molecule has 3 aromatic rings. The van der Waals surface area contributed by atoms with Crippen LogP contribution in [0.15, 0.2) is 42.7 Å². The maximum Gasteiger partial charge on any atom is 0.149 e. The van der Waals surface area contributed by atoms with Crippen molar-refractivity contribution in [1.82, 2.24) is 25.1 Å². The van der Waals surface area contributed by atoms with E-state index in [-0.39, 0.29) is 6.04 Å².